The van der Waals surface area contributed by atoms with Crippen molar-refractivity contribution in [2.75, 3.05) is 5.32 Å². The zero-order valence-electron chi connectivity index (χ0n) is 10.2. The highest BCUT2D eigenvalue weighted by molar-refractivity contribution is 5.89. The summed E-state index contributed by atoms with van der Waals surface area (Å²) in [7, 11) is 0. The van der Waals surface area contributed by atoms with Crippen LogP contribution in [0.3, 0.4) is 0 Å². The number of nitrogens with one attached hydrogen (secondary N) is 1. The monoisotopic (exact) mass is 245 g/mol. The molecule has 2 heterocycles. The highest BCUT2D eigenvalue weighted by Gasteiger charge is 2.03. The number of hydrogen-bond donors (Lipinski definition) is 1. The maximum Gasteiger partial charge on any atom is 0.225 e. The molecule has 0 aliphatic carbocycles. The summed E-state index contributed by atoms with van der Waals surface area (Å²) in [5.41, 5.74) is 1.07. The zero-order valence-corrected chi connectivity index (χ0v) is 10.2. The first-order chi connectivity index (χ1) is 8.74. The van der Waals surface area contributed by atoms with Crippen LogP contribution in [0.4, 0.5) is 5.82 Å². The molecule has 6 heteroatoms. The lowest BCUT2D eigenvalue weighted by Crippen LogP contribution is -2.13. The predicted molar refractivity (Wildman–Crippen MR) is 66.9 cm³/mol. The second-order valence-electron chi connectivity index (χ2n) is 4.03. The summed E-state index contributed by atoms with van der Waals surface area (Å²) in [6.45, 7) is 2.64. The van der Waals surface area contributed by atoms with Crippen LogP contribution in [-0.4, -0.2) is 25.7 Å². The SMILES string of the molecule is Cc1ccc(NC(=O)CCCn2cncn2)nc1. The fraction of sp³-hybridized carbons (Fsp3) is 0.333. The van der Waals surface area contributed by atoms with Crippen molar-refractivity contribution < 1.29 is 4.79 Å². The molecule has 18 heavy (non-hydrogen) atoms. The van der Waals surface area contributed by atoms with E-state index in [2.05, 4.69) is 20.4 Å². The molecule has 0 saturated carbocycles. The van der Waals surface area contributed by atoms with Crippen LogP contribution < -0.4 is 5.32 Å². The van der Waals surface area contributed by atoms with E-state index in [1.807, 2.05) is 13.0 Å². The van der Waals surface area contributed by atoms with E-state index in [0.717, 1.165) is 12.0 Å². The van der Waals surface area contributed by atoms with Gasteiger partial charge in [-0.05, 0) is 25.0 Å². The minimum atomic E-state index is -0.0357. The molecule has 0 unspecified atom stereocenters. The Morgan fingerprint density at radius 2 is 2.33 bits per heavy atom. The number of anilines is 1. The van der Waals surface area contributed by atoms with Gasteiger partial charge >= 0.3 is 0 Å². The molecule has 0 aromatic carbocycles. The van der Waals surface area contributed by atoms with Crippen molar-refractivity contribution in [3.63, 3.8) is 0 Å². The number of carbonyl (C=O) groups excluding carboxylic acids is 1. The topological polar surface area (TPSA) is 72.7 Å². The van der Waals surface area contributed by atoms with Gasteiger partial charge in [-0.1, -0.05) is 6.07 Å². The number of hydrogen-bond acceptors (Lipinski definition) is 4. The molecule has 0 bridgehead atoms. The molecule has 0 aliphatic heterocycles. The molecule has 1 amide bonds. The van der Waals surface area contributed by atoms with Crippen molar-refractivity contribution in [2.45, 2.75) is 26.3 Å². The average Bonchev–Trinajstić information content (AvgIpc) is 2.85. The molecule has 2 rings (SSSR count). The number of carbonyl (C=O) groups is 1. The molecule has 0 atom stereocenters. The largest absolute Gasteiger partial charge is 0.311 e. The third-order valence-corrected chi connectivity index (χ3v) is 2.44. The normalized spacial score (nSPS) is 10.3. The maximum atomic E-state index is 11.6. The van der Waals surface area contributed by atoms with Crippen molar-refractivity contribution in [1.82, 2.24) is 19.7 Å². The van der Waals surface area contributed by atoms with Crippen molar-refractivity contribution in [3.05, 3.63) is 36.5 Å². The van der Waals surface area contributed by atoms with Gasteiger partial charge < -0.3 is 5.32 Å². The summed E-state index contributed by atoms with van der Waals surface area (Å²) < 4.78 is 1.71. The highest BCUT2D eigenvalue weighted by atomic mass is 16.1. The standard InChI is InChI=1S/C12H15N5O/c1-10-4-5-11(14-7-10)16-12(18)3-2-6-17-9-13-8-15-17/h4-5,7-9H,2-3,6H2,1H3,(H,14,16,18). The Morgan fingerprint density at radius 1 is 1.44 bits per heavy atom. The van der Waals surface area contributed by atoms with Crippen LogP contribution in [0.5, 0.6) is 0 Å². The van der Waals surface area contributed by atoms with Gasteiger partial charge in [-0.25, -0.2) is 9.97 Å². The first-order valence-corrected chi connectivity index (χ1v) is 5.79. The first-order valence-electron chi connectivity index (χ1n) is 5.79. The molecule has 6 nitrogen and oxygen atoms in total. The van der Waals surface area contributed by atoms with Gasteiger partial charge in [0.05, 0.1) is 0 Å². The van der Waals surface area contributed by atoms with E-state index in [0.29, 0.717) is 18.8 Å². The number of amides is 1. The second-order valence-corrected chi connectivity index (χ2v) is 4.03. The second kappa shape index (κ2) is 5.90. The lowest BCUT2D eigenvalue weighted by atomic mass is 10.3. The summed E-state index contributed by atoms with van der Waals surface area (Å²) in [6.07, 6.45) is 6.01. The van der Waals surface area contributed by atoms with Crippen molar-refractivity contribution >= 4 is 11.7 Å². The highest BCUT2D eigenvalue weighted by Crippen LogP contribution is 2.05. The fourth-order valence-electron chi connectivity index (χ4n) is 1.50. The summed E-state index contributed by atoms with van der Waals surface area (Å²) >= 11 is 0. The van der Waals surface area contributed by atoms with E-state index >= 15 is 0 Å². The molecule has 1 N–H and O–H groups in total. The summed E-state index contributed by atoms with van der Waals surface area (Å²) in [5.74, 6) is 0.554. The van der Waals surface area contributed by atoms with Crippen molar-refractivity contribution in [2.24, 2.45) is 0 Å². The molecule has 0 fully saturated rings. The van der Waals surface area contributed by atoms with Crippen LogP contribution in [0.1, 0.15) is 18.4 Å². The van der Waals surface area contributed by atoms with Crippen molar-refractivity contribution in [1.29, 1.82) is 0 Å². The van der Waals surface area contributed by atoms with Gasteiger partial charge in [0.1, 0.15) is 18.5 Å². The van der Waals surface area contributed by atoms with Gasteiger partial charge in [0.25, 0.3) is 0 Å². The summed E-state index contributed by atoms with van der Waals surface area (Å²) in [4.78, 5) is 19.6. The van der Waals surface area contributed by atoms with Crippen LogP contribution >= 0.6 is 0 Å². The lowest BCUT2D eigenvalue weighted by Gasteiger charge is -2.04. The third-order valence-electron chi connectivity index (χ3n) is 2.44. The summed E-state index contributed by atoms with van der Waals surface area (Å²) in [6, 6.07) is 3.71. The Balaban J connectivity index is 1.73. The Morgan fingerprint density at radius 3 is 3.00 bits per heavy atom. The Kier molecular flexibility index (Phi) is 4.01. The van der Waals surface area contributed by atoms with Gasteiger partial charge in [0.15, 0.2) is 0 Å². The molecular weight excluding hydrogens is 230 g/mol. The molecule has 2 aromatic rings. The minimum absolute atomic E-state index is 0.0357. The first kappa shape index (κ1) is 12.2. The van der Waals surface area contributed by atoms with Gasteiger partial charge in [-0.3, -0.25) is 9.48 Å². The zero-order chi connectivity index (χ0) is 12.8. The number of pyridine rings is 1. The molecule has 94 valence electrons. The van der Waals surface area contributed by atoms with E-state index in [9.17, 15) is 4.79 Å². The van der Waals surface area contributed by atoms with E-state index in [1.54, 1.807) is 23.3 Å². The van der Waals surface area contributed by atoms with Gasteiger partial charge in [0, 0.05) is 19.2 Å². The van der Waals surface area contributed by atoms with Crippen LogP contribution in [0, 0.1) is 6.92 Å². The summed E-state index contributed by atoms with van der Waals surface area (Å²) in [5, 5.41) is 6.72. The third kappa shape index (κ3) is 3.65. The molecule has 0 radical (unpaired) electrons. The van der Waals surface area contributed by atoms with Crippen molar-refractivity contribution in [3.8, 4) is 0 Å². The molecule has 0 aliphatic rings. The molecule has 0 spiro atoms. The average molecular weight is 245 g/mol. The Bertz CT molecular complexity index is 492. The smallest absolute Gasteiger partial charge is 0.225 e. The van der Waals surface area contributed by atoms with Crippen LogP contribution in [0.15, 0.2) is 31.0 Å². The lowest BCUT2D eigenvalue weighted by molar-refractivity contribution is -0.116. The Hall–Kier alpha value is -2.24. The van der Waals surface area contributed by atoms with E-state index < -0.39 is 0 Å². The number of nitrogens with zero attached hydrogens (tertiary/aromatic N) is 4. The van der Waals surface area contributed by atoms with Gasteiger partial charge in [0.2, 0.25) is 5.91 Å². The van der Waals surface area contributed by atoms with Crippen LogP contribution in [-0.2, 0) is 11.3 Å². The number of rotatable bonds is 5. The maximum absolute atomic E-state index is 11.6. The quantitative estimate of drug-likeness (QED) is 0.864. The predicted octanol–water partition coefficient (Wildman–Crippen LogP) is 1.40. The number of aromatic nitrogens is 4. The fourth-order valence-corrected chi connectivity index (χ4v) is 1.50. The minimum Gasteiger partial charge on any atom is -0.311 e. The van der Waals surface area contributed by atoms with Crippen LogP contribution in [0.2, 0.25) is 0 Å². The molecule has 2 aromatic heterocycles. The van der Waals surface area contributed by atoms with E-state index in [1.165, 1.54) is 6.33 Å². The van der Waals surface area contributed by atoms with Crippen LogP contribution in [0.25, 0.3) is 0 Å². The van der Waals surface area contributed by atoms with Gasteiger partial charge in [-0.2, -0.15) is 5.10 Å². The Labute approximate surface area is 105 Å². The molecule has 0 saturated heterocycles. The van der Waals surface area contributed by atoms with E-state index in [4.69, 9.17) is 0 Å². The van der Waals surface area contributed by atoms with E-state index in [-0.39, 0.29) is 5.91 Å². The number of aryl methyl sites for hydroxylation is 2. The molecular formula is C12H15N5O. The van der Waals surface area contributed by atoms with Gasteiger partial charge in [-0.15, -0.1) is 0 Å².